The Balaban J connectivity index is 2.08. The Labute approximate surface area is 101 Å². The number of aromatic nitrogens is 4. The molecule has 0 unspecified atom stereocenters. The minimum Gasteiger partial charge on any atom is -0.469 e. The quantitative estimate of drug-likeness (QED) is 0.765. The third kappa shape index (κ3) is 1.50. The van der Waals surface area contributed by atoms with E-state index in [1.165, 1.54) is 17.2 Å². The number of nitrogen functional groups attached to an aromatic ring is 1. The van der Waals surface area contributed by atoms with Crippen molar-refractivity contribution in [2.45, 2.75) is 18.8 Å². The summed E-state index contributed by atoms with van der Waals surface area (Å²) in [4.78, 5) is 11.9. The summed E-state index contributed by atoms with van der Waals surface area (Å²) in [7, 11) is 0. The summed E-state index contributed by atoms with van der Waals surface area (Å²) in [5.74, 6) is 0.337. The summed E-state index contributed by atoms with van der Waals surface area (Å²) in [6.07, 6.45) is 1.56. The van der Waals surface area contributed by atoms with Gasteiger partial charge >= 0.3 is 0 Å². The van der Waals surface area contributed by atoms with Gasteiger partial charge in [0.1, 0.15) is 36.4 Å². The number of aliphatic hydroxyl groups excluding tert-OH is 1. The van der Waals surface area contributed by atoms with E-state index in [9.17, 15) is 9.50 Å². The van der Waals surface area contributed by atoms with Crippen LogP contribution in [0.15, 0.2) is 24.7 Å². The number of fused-ring (bicyclic) bond motifs is 1. The zero-order chi connectivity index (χ0) is 12.7. The third-order valence-electron chi connectivity index (χ3n) is 2.79. The van der Waals surface area contributed by atoms with Gasteiger partial charge in [0.15, 0.2) is 11.5 Å². The summed E-state index contributed by atoms with van der Waals surface area (Å²) in [6, 6.07) is 0. The lowest BCUT2D eigenvalue weighted by Gasteiger charge is -2.15. The predicted octanol–water partition coefficient (Wildman–Crippen LogP) is 0.499. The second-order valence-corrected chi connectivity index (χ2v) is 3.94. The number of aliphatic hydroxyl groups is 1. The average molecular weight is 251 g/mol. The second-order valence-electron chi connectivity index (χ2n) is 3.94. The molecule has 94 valence electrons. The number of imidazole rings is 1. The van der Waals surface area contributed by atoms with E-state index >= 15 is 0 Å². The molecular formula is C10H10FN5O2. The molecule has 2 aromatic rings. The first-order chi connectivity index (χ1) is 8.70. The van der Waals surface area contributed by atoms with E-state index in [1.807, 2.05) is 0 Å². The smallest absolute Gasteiger partial charge is 0.204 e. The molecule has 1 aliphatic rings. The highest BCUT2D eigenvalue weighted by Gasteiger charge is 2.33. The maximum atomic E-state index is 12.4. The highest BCUT2D eigenvalue weighted by molar-refractivity contribution is 5.81. The SMILES string of the molecule is Nc1ncnc2c1ncn2[C@@H]1O/C(=C\F)C[C@H]1O. The Morgan fingerprint density at radius 3 is 3.06 bits per heavy atom. The van der Waals surface area contributed by atoms with Crippen molar-refractivity contribution in [3.8, 4) is 0 Å². The molecule has 0 aromatic carbocycles. The maximum Gasteiger partial charge on any atom is 0.204 e. The van der Waals surface area contributed by atoms with Crippen LogP contribution in [-0.4, -0.2) is 30.7 Å². The lowest BCUT2D eigenvalue weighted by Crippen LogP contribution is -2.19. The van der Waals surface area contributed by atoms with Crippen LogP contribution >= 0.6 is 0 Å². The summed E-state index contributed by atoms with van der Waals surface area (Å²) in [5, 5.41) is 9.84. The van der Waals surface area contributed by atoms with E-state index in [0.717, 1.165) is 0 Å². The number of anilines is 1. The molecule has 3 N–H and O–H groups in total. The number of halogens is 1. The third-order valence-corrected chi connectivity index (χ3v) is 2.79. The van der Waals surface area contributed by atoms with Crippen molar-refractivity contribution in [1.29, 1.82) is 0 Å². The molecule has 2 aromatic heterocycles. The van der Waals surface area contributed by atoms with E-state index < -0.39 is 12.3 Å². The van der Waals surface area contributed by atoms with Crippen LogP contribution in [0.3, 0.4) is 0 Å². The maximum absolute atomic E-state index is 12.4. The van der Waals surface area contributed by atoms with Crippen LogP contribution in [0, 0.1) is 0 Å². The van der Waals surface area contributed by atoms with Crippen LogP contribution in [0.1, 0.15) is 12.6 Å². The highest BCUT2D eigenvalue weighted by Crippen LogP contribution is 2.33. The van der Waals surface area contributed by atoms with Gasteiger partial charge < -0.3 is 15.6 Å². The fraction of sp³-hybridized carbons (Fsp3) is 0.300. The van der Waals surface area contributed by atoms with Gasteiger partial charge in [-0.05, 0) is 0 Å². The summed E-state index contributed by atoms with van der Waals surface area (Å²) in [6.45, 7) is 0. The van der Waals surface area contributed by atoms with Crippen LogP contribution < -0.4 is 5.73 Å². The van der Waals surface area contributed by atoms with Crippen LogP contribution in [0.4, 0.5) is 10.2 Å². The molecule has 7 nitrogen and oxygen atoms in total. The Kier molecular flexibility index (Phi) is 2.37. The summed E-state index contributed by atoms with van der Waals surface area (Å²) >= 11 is 0. The first-order valence-corrected chi connectivity index (χ1v) is 5.27. The van der Waals surface area contributed by atoms with Gasteiger partial charge in [-0.2, -0.15) is 0 Å². The molecule has 0 spiro atoms. The van der Waals surface area contributed by atoms with E-state index in [4.69, 9.17) is 10.5 Å². The number of nitrogens with two attached hydrogens (primary N) is 1. The van der Waals surface area contributed by atoms with Gasteiger partial charge in [0, 0.05) is 6.42 Å². The van der Waals surface area contributed by atoms with Gasteiger partial charge in [-0.3, -0.25) is 4.57 Å². The fourth-order valence-corrected chi connectivity index (χ4v) is 1.96. The number of hydrogen-bond donors (Lipinski definition) is 2. The largest absolute Gasteiger partial charge is 0.469 e. The van der Waals surface area contributed by atoms with E-state index in [0.29, 0.717) is 17.5 Å². The molecule has 8 heteroatoms. The molecule has 0 aliphatic carbocycles. The van der Waals surface area contributed by atoms with Gasteiger partial charge in [-0.15, -0.1) is 0 Å². The Hall–Kier alpha value is -2.22. The zero-order valence-corrected chi connectivity index (χ0v) is 9.19. The average Bonchev–Trinajstić information content (AvgIpc) is 2.93. The van der Waals surface area contributed by atoms with Crippen molar-refractivity contribution in [2.24, 2.45) is 0 Å². The van der Waals surface area contributed by atoms with Crippen molar-refractivity contribution in [2.75, 3.05) is 5.73 Å². The van der Waals surface area contributed by atoms with Crippen molar-refractivity contribution >= 4 is 17.0 Å². The molecule has 0 amide bonds. The Bertz CT molecular complexity index is 626. The van der Waals surface area contributed by atoms with E-state index in [-0.39, 0.29) is 18.0 Å². The fourth-order valence-electron chi connectivity index (χ4n) is 1.96. The molecule has 0 saturated carbocycles. The van der Waals surface area contributed by atoms with Crippen molar-refractivity contribution in [1.82, 2.24) is 19.5 Å². The van der Waals surface area contributed by atoms with Crippen LogP contribution in [0.5, 0.6) is 0 Å². The van der Waals surface area contributed by atoms with Crippen molar-refractivity contribution < 1.29 is 14.2 Å². The molecule has 18 heavy (non-hydrogen) atoms. The van der Waals surface area contributed by atoms with E-state index in [1.54, 1.807) is 0 Å². The molecule has 2 atom stereocenters. The first kappa shape index (κ1) is 10.9. The lowest BCUT2D eigenvalue weighted by molar-refractivity contribution is 0.0103. The Morgan fingerprint density at radius 2 is 2.33 bits per heavy atom. The van der Waals surface area contributed by atoms with Crippen LogP contribution in [-0.2, 0) is 4.74 Å². The second kappa shape index (κ2) is 3.91. The molecule has 0 bridgehead atoms. The van der Waals surface area contributed by atoms with Crippen molar-refractivity contribution in [3.63, 3.8) is 0 Å². The van der Waals surface area contributed by atoms with Gasteiger partial charge in [-0.1, -0.05) is 0 Å². The molecular weight excluding hydrogens is 241 g/mol. The zero-order valence-electron chi connectivity index (χ0n) is 9.19. The van der Waals surface area contributed by atoms with E-state index in [2.05, 4.69) is 15.0 Å². The standard InChI is InChI=1S/C10H10FN5O2/c11-2-5-1-6(17)10(18-5)16-4-15-7-8(12)13-3-14-9(7)16/h2-4,6,10,17H,1H2,(H2,12,13,14)/b5-2-/t6-,10-/m1/s1. The summed E-state index contributed by atoms with van der Waals surface area (Å²) < 4.78 is 19.2. The van der Waals surface area contributed by atoms with Crippen LogP contribution in [0.2, 0.25) is 0 Å². The van der Waals surface area contributed by atoms with Gasteiger partial charge in [0.05, 0.1) is 0 Å². The molecule has 0 radical (unpaired) electrons. The highest BCUT2D eigenvalue weighted by atomic mass is 19.1. The predicted molar refractivity (Wildman–Crippen MR) is 59.7 cm³/mol. The monoisotopic (exact) mass is 251 g/mol. The number of hydrogen-bond acceptors (Lipinski definition) is 6. The van der Waals surface area contributed by atoms with Crippen molar-refractivity contribution in [3.05, 3.63) is 24.7 Å². The van der Waals surface area contributed by atoms with Gasteiger partial charge in [0.2, 0.25) is 6.23 Å². The number of nitrogens with zero attached hydrogens (tertiary/aromatic N) is 4. The Morgan fingerprint density at radius 1 is 1.50 bits per heavy atom. The lowest BCUT2D eigenvalue weighted by atomic mass is 10.2. The minimum atomic E-state index is -0.861. The number of rotatable bonds is 1. The first-order valence-electron chi connectivity index (χ1n) is 5.27. The van der Waals surface area contributed by atoms with Gasteiger partial charge in [0.25, 0.3) is 0 Å². The van der Waals surface area contributed by atoms with Gasteiger partial charge in [-0.25, -0.2) is 19.3 Å². The normalized spacial score (nSPS) is 25.8. The molecule has 3 rings (SSSR count). The van der Waals surface area contributed by atoms with Crippen LogP contribution in [0.25, 0.3) is 11.2 Å². The molecule has 1 fully saturated rings. The molecule has 1 saturated heterocycles. The molecule has 1 aliphatic heterocycles. The topological polar surface area (TPSA) is 99.1 Å². The molecule has 3 heterocycles. The minimum absolute atomic E-state index is 0.0939. The number of ether oxygens (including phenoxy) is 1. The summed E-state index contributed by atoms with van der Waals surface area (Å²) in [5.41, 5.74) is 6.51.